The van der Waals surface area contributed by atoms with Crippen LogP contribution in [0.5, 0.6) is 0 Å². The van der Waals surface area contributed by atoms with Gasteiger partial charge in [0.2, 0.25) is 12.3 Å². The van der Waals surface area contributed by atoms with Gasteiger partial charge in [-0.3, -0.25) is 18.9 Å². The summed E-state index contributed by atoms with van der Waals surface area (Å²) < 4.78 is 35.7. The molecule has 1 aromatic heterocycles. The van der Waals surface area contributed by atoms with Crippen molar-refractivity contribution < 1.29 is 36.9 Å². The van der Waals surface area contributed by atoms with Crippen LogP contribution in [-0.4, -0.2) is 65.6 Å². The fourth-order valence-electron chi connectivity index (χ4n) is 2.25. The smallest absolute Gasteiger partial charge is 0.363 e. The summed E-state index contributed by atoms with van der Waals surface area (Å²) in [4.78, 5) is 50.6. The van der Waals surface area contributed by atoms with Gasteiger partial charge in [-0.2, -0.15) is 12.7 Å². The molecule has 1 fully saturated rings. The summed E-state index contributed by atoms with van der Waals surface area (Å²) in [6.07, 6.45) is 0.213. The van der Waals surface area contributed by atoms with Gasteiger partial charge in [0.1, 0.15) is 6.04 Å². The Hall–Kier alpha value is -2.78. The Morgan fingerprint density at radius 3 is 2.65 bits per heavy atom. The quantitative estimate of drug-likeness (QED) is 0.158. The molecule has 0 spiro atoms. The monoisotopic (exact) mass is 407 g/mol. The zero-order valence-corrected chi connectivity index (χ0v) is 14.6. The first kappa shape index (κ1) is 19.5. The highest BCUT2D eigenvalue weighted by atomic mass is 32.2. The molecule has 5 N–H and O–H groups in total. The number of ether oxygens (including phenoxy) is 1. The minimum atomic E-state index is -5.03. The largest absolute Gasteiger partial charge is 0.467 e. The van der Waals surface area contributed by atoms with Crippen molar-refractivity contribution in [2.75, 3.05) is 12.8 Å². The number of anilines is 1. The SMILES string of the molecule is COC(=O)[C@H]1[C@@H](NC(=O)C(NC=O)c2csc(N)n2)C(=O)N1S(=O)(=O)O. The van der Waals surface area contributed by atoms with E-state index in [0.29, 0.717) is 0 Å². The Kier molecular flexibility index (Phi) is 5.43. The molecule has 13 nitrogen and oxygen atoms in total. The molecule has 1 aromatic rings. The fourth-order valence-corrected chi connectivity index (χ4v) is 3.67. The predicted molar refractivity (Wildman–Crippen MR) is 84.6 cm³/mol. The van der Waals surface area contributed by atoms with E-state index in [1.54, 1.807) is 0 Å². The Balaban J connectivity index is 2.24. The summed E-state index contributed by atoms with van der Waals surface area (Å²) in [5.74, 6) is -3.38. The zero-order valence-electron chi connectivity index (χ0n) is 13.0. The molecule has 1 aliphatic heterocycles. The molecule has 3 atom stereocenters. The number of thiazole rings is 1. The highest BCUT2D eigenvalue weighted by molar-refractivity contribution is 7.84. The van der Waals surface area contributed by atoms with Crippen molar-refractivity contribution >= 4 is 51.0 Å². The predicted octanol–water partition coefficient (Wildman–Crippen LogP) is -2.82. The van der Waals surface area contributed by atoms with E-state index in [-0.39, 0.29) is 21.5 Å². The normalized spacial score (nSPS) is 20.7. The lowest BCUT2D eigenvalue weighted by atomic mass is 9.98. The maximum absolute atomic E-state index is 12.4. The van der Waals surface area contributed by atoms with Crippen LogP contribution in [0, 0.1) is 0 Å². The number of carbonyl (C=O) groups is 4. The number of esters is 1. The standard InChI is InChI=1S/C11H13N5O8S2/c1-24-10(20)7-6(9(19)16(7)26(21,22)23)15-8(18)5(13-3-17)4-2-25-11(12)14-4/h2-3,5-7H,1H3,(H2,12,14)(H,13,17)(H,15,18)(H,21,22,23)/t5?,6-,7-/m1/s1. The number of carbonyl (C=O) groups excluding carboxylic acids is 4. The number of hydrogen-bond donors (Lipinski definition) is 4. The first-order valence-corrected chi connectivity index (χ1v) is 8.99. The number of nitrogens with one attached hydrogen (secondary N) is 2. The molecule has 0 bridgehead atoms. The highest BCUT2D eigenvalue weighted by Crippen LogP contribution is 2.26. The van der Waals surface area contributed by atoms with E-state index in [9.17, 15) is 27.6 Å². The molecule has 15 heteroatoms. The third-order valence-corrected chi connectivity index (χ3v) is 4.97. The highest BCUT2D eigenvalue weighted by Gasteiger charge is 2.58. The maximum Gasteiger partial charge on any atom is 0.363 e. The molecule has 0 radical (unpaired) electrons. The second-order valence-electron chi connectivity index (χ2n) is 4.89. The molecule has 0 aliphatic carbocycles. The van der Waals surface area contributed by atoms with Crippen LogP contribution in [0.25, 0.3) is 0 Å². The van der Waals surface area contributed by atoms with Crippen molar-refractivity contribution in [2.24, 2.45) is 0 Å². The van der Waals surface area contributed by atoms with Crippen molar-refractivity contribution in [1.29, 1.82) is 0 Å². The van der Waals surface area contributed by atoms with E-state index in [0.717, 1.165) is 18.4 Å². The number of amides is 3. The molecule has 3 amide bonds. The number of nitrogens with two attached hydrogens (primary N) is 1. The summed E-state index contributed by atoms with van der Waals surface area (Å²) in [5, 5.41) is 5.80. The van der Waals surface area contributed by atoms with Crippen LogP contribution in [0.4, 0.5) is 5.13 Å². The first-order valence-electron chi connectivity index (χ1n) is 6.71. The van der Waals surface area contributed by atoms with Crippen molar-refractivity contribution in [1.82, 2.24) is 19.9 Å². The molecule has 2 rings (SSSR count). The number of aromatic nitrogens is 1. The van der Waals surface area contributed by atoms with Gasteiger partial charge in [-0.1, -0.05) is 0 Å². The summed E-state index contributed by atoms with van der Waals surface area (Å²) in [6, 6.07) is -4.75. The van der Waals surface area contributed by atoms with Crippen molar-refractivity contribution in [2.45, 2.75) is 18.1 Å². The molecule has 2 heterocycles. The number of nitrogen functional groups attached to an aromatic ring is 1. The molecular formula is C11H13N5O8S2. The third-order valence-electron chi connectivity index (χ3n) is 3.37. The topological polar surface area (TPSA) is 198 Å². The molecular weight excluding hydrogens is 394 g/mol. The van der Waals surface area contributed by atoms with E-state index >= 15 is 0 Å². The van der Waals surface area contributed by atoms with Gasteiger partial charge in [0.05, 0.1) is 12.8 Å². The van der Waals surface area contributed by atoms with Gasteiger partial charge in [0.25, 0.3) is 5.91 Å². The van der Waals surface area contributed by atoms with Crippen molar-refractivity contribution in [3.8, 4) is 0 Å². The van der Waals surface area contributed by atoms with Crippen LogP contribution in [0.2, 0.25) is 0 Å². The second-order valence-corrected chi connectivity index (χ2v) is 7.07. The van der Waals surface area contributed by atoms with Gasteiger partial charge in [-0.15, -0.1) is 11.3 Å². The van der Waals surface area contributed by atoms with Gasteiger partial charge >= 0.3 is 16.3 Å². The molecule has 1 saturated heterocycles. The van der Waals surface area contributed by atoms with E-state index in [2.05, 4.69) is 20.4 Å². The van der Waals surface area contributed by atoms with Crippen LogP contribution in [0.15, 0.2) is 5.38 Å². The third kappa shape index (κ3) is 3.58. The number of methoxy groups -OCH3 is 1. The fraction of sp³-hybridized carbons (Fsp3) is 0.364. The average molecular weight is 407 g/mol. The number of hydrogen-bond acceptors (Lipinski definition) is 10. The lowest BCUT2D eigenvalue weighted by Crippen LogP contribution is -2.74. The van der Waals surface area contributed by atoms with E-state index < -0.39 is 46.2 Å². The second kappa shape index (κ2) is 7.22. The summed E-state index contributed by atoms with van der Waals surface area (Å²) >= 11 is 0.997. The molecule has 0 aromatic carbocycles. The molecule has 0 saturated carbocycles. The molecule has 1 unspecified atom stereocenters. The van der Waals surface area contributed by atoms with Crippen molar-refractivity contribution in [3.63, 3.8) is 0 Å². The Bertz CT molecular complexity index is 853. The van der Waals surface area contributed by atoms with Crippen LogP contribution in [0.3, 0.4) is 0 Å². The number of rotatable bonds is 7. The first-order chi connectivity index (χ1) is 12.1. The number of nitrogens with zero attached hydrogens (tertiary/aromatic N) is 2. The van der Waals surface area contributed by atoms with E-state index in [1.807, 2.05) is 0 Å². The van der Waals surface area contributed by atoms with Crippen LogP contribution < -0.4 is 16.4 Å². The minimum Gasteiger partial charge on any atom is -0.467 e. The van der Waals surface area contributed by atoms with Gasteiger partial charge < -0.3 is 21.1 Å². The van der Waals surface area contributed by atoms with E-state index in [1.165, 1.54) is 5.38 Å². The van der Waals surface area contributed by atoms with Gasteiger partial charge in [-0.25, -0.2) is 9.78 Å². The van der Waals surface area contributed by atoms with Crippen LogP contribution >= 0.6 is 11.3 Å². The molecule has 142 valence electrons. The van der Waals surface area contributed by atoms with E-state index in [4.69, 9.17) is 10.3 Å². The zero-order chi connectivity index (χ0) is 19.6. The van der Waals surface area contributed by atoms with Gasteiger partial charge in [-0.05, 0) is 0 Å². The summed E-state index contributed by atoms with van der Waals surface area (Å²) in [6.45, 7) is 0. The maximum atomic E-state index is 12.4. The Morgan fingerprint density at radius 2 is 2.19 bits per heavy atom. The minimum absolute atomic E-state index is 0.0742. The van der Waals surface area contributed by atoms with Crippen LogP contribution in [-0.2, 0) is 34.2 Å². The molecule has 1 aliphatic rings. The average Bonchev–Trinajstić information content (AvgIpc) is 2.98. The van der Waals surface area contributed by atoms with Gasteiger partial charge in [0, 0.05) is 5.38 Å². The van der Waals surface area contributed by atoms with Crippen molar-refractivity contribution in [3.05, 3.63) is 11.1 Å². The van der Waals surface area contributed by atoms with Gasteiger partial charge in [0.15, 0.2) is 17.2 Å². The number of β-lactam (4-membered cyclic amide) rings is 1. The summed E-state index contributed by atoms with van der Waals surface area (Å²) in [5.41, 5.74) is 5.54. The lowest BCUT2D eigenvalue weighted by Gasteiger charge is -2.42. The Morgan fingerprint density at radius 1 is 1.54 bits per heavy atom. The summed E-state index contributed by atoms with van der Waals surface area (Å²) in [7, 11) is -4.10. The Labute approximate surface area is 150 Å². The lowest BCUT2D eigenvalue weighted by molar-refractivity contribution is -0.162. The molecule has 26 heavy (non-hydrogen) atoms. The van der Waals surface area contributed by atoms with Crippen LogP contribution in [0.1, 0.15) is 11.7 Å².